The van der Waals surface area contributed by atoms with Gasteiger partial charge in [-0.05, 0) is 31.7 Å². The second kappa shape index (κ2) is 5.80. The molecule has 1 aromatic carbocycles. The van der Waals surface area contributed by atoms with Crippen LogP contribution in [0.1, 0.15) is 33.6 Å². The molecule has 0 radical (unpaired) electrons. The third-order valence-corrected chi connectivity index (χ3v) is 3.13. The Labute approximate surface area is 109 Å². The van der Waals surface area contributed by atoms with E-state index in [9.17, 15) is 0 Å². The van der Waals surface area contributed by atoms with Crippen LogP contribution in [0.15, 0.2) is 30.5 Å². The van der Waals surface area contributed by atoms with Crippen molar-refractivity contribution in [2.45, 2.75) is 39.7 Å². The molecule has 1 aromatic heterocycles. The normalized spacial score (nSPS) is 12.9. The molecule has 0 aliphatic carbocycles. The van der Waals surface area contributed by atoms with E-state index in [0.29, 0.717) is 6.04 Å². The van der Waals surface area contributed by atoms with Crippen molar-refractivity contribution in [2.75, 3.05) is 5.32 Å². The molecule has 0 aliphatic rings. The predicted molar refractivity (Wildman–Crippen MR) is 76.7 cm³/mol. The Hall–Kier alpha value is -1.64. The van der Waals surface area contributed by atoms with E-state index in [1.807, 2.05) is 24.4 Å². The van der Waals surface area contributed by atoms with Crippen LogP contribution in [0.25, 0.3) is 10.9 Å². The fourth-order valence-corrected chi connectivity index (χ4v) is 2.04. The molecule has 1 heterocycles. The molecule has 0 amide bonds. The number of fused-ring (bicyclic) bond motifs is 1. The lowest BCUT2D eigenvalue weighted by atomic mass is 10.0. The molecule has 0 bridgehead atoms. The lowest BCUT2D eigenvalue weighted by Gasteiger charge is -2.17. The van der Waals surface area contributed by atoms with E-state index in [4.69, 9.17) is 0 Å². The van der Waals surface area contributed by atoms with Gasteiger partial charge in [-0.1, -0.05) is 32.0 Å². The monoisotopic (exact) mass is 243 g/mol. The highest BCUT2D eigenvalue weighted by Crippen LogP contribution is 2.21. The molecule has 0 spiro atoms. The number of hydrogen-bond acceptors (Lipinski definition) is 3. The van der Waals surface area contributed by atoms with Crippen LogP contribution in [0, 0.1) is 5.92 Å². The summed E-state index contributed by atoms with van der Waals surface area (Å²) in [6.45, 7) is 6.74. The van der Waals surface area contributed by atoms with E-state index in [0.717, 1.165) is 22.5 Å². The highest BCUT2D eigenvalue weighted by molar-refractivity contribution is 5.90. The van der Waals surface area contributed by atoms with Crippen molar-refractivity contribution in [3.8, 4) is 0 Å². The first-order chi connectivity index (χ1) is 8.66. The molecule has 2 rings (SSSR count). The molecule has 0 saturated carbocycles. The fourth-order valence-electron chi connectivity index (χ4n) is 2.04. The number of benzene rings is 1. The standard InChI is InChI=1S/C15H21N3/c1-11(2)8-9-12(3)17-15-10-16-18-14-7-5-4-6-13(14)15/h4-7,10-12H,8-9H2,1-3H3,(H,17,18). The van der Waals surface area contributed by atoms with E-state index in [1.165, 1.54) is 12.8 Å². The Morgan fingerprint density at radius 2 is 1.89 bits per heavy atom. The quantitative estimate of drug-likeness (QED) is 0.866. The maximum atomic E-state index is 4.13. The lowest BCUT2D eigenvalue weighted by molar-refractivity contribution is 0.528. The van der Waals surface area contributed by atoms with Crippen molar-refractivity contribution in [3.63, 3.8) is 0 Å². The number of nitrogens with one attached hydrogen (secondary N) is 1. The van der Waals surface area contributed by atoms with Crippen LogP contribution in [-0.2, 0) is 0 Å². The Bertz CT molecular complexity index is 503. The van der Waals surface area contributed by atoms with Crippen LogP contribution in [0.3, 0.4) is 0 Å². The van der Waals surface area contributed by atoms with Crippen molar-refractivity contribution in [3.05, 3.63) is 30.5 Å². The Balaban J connectivity index is 2.11. The van der Waals surface area contributed by atoms with Crippen LogP contribution in [0.4, 0.5) is 5.69 Å². The summed E-state index contributed by atoms with van der Waals surface area (Å²) in [6, 6.07) is 8.56. The van der Waals surface area contributed by atoms with E-state index in [2.05, 4.69) is 42.4 Å². The minimum Gasteiger partial charge on any atom is -0.381 e. The zero-order valence-corrected chi connectivity index (χ0v) is 11.4. The van der Waals surface area contributed by atoms with Gasteiger partial charge in [0, 0.05) is 11.4 Å². The first-order valence-electron chi connectivity index (χ1n) is 6.64. The summed E-state index contributed by atoms with van der Waals surface area (Å²) in [5, 5.41) is 12.9. The minimum atomic E-state index is 0.458. The highest BCUT2D eigenvalue weighted by Gasteiger charge is 2.07. The molecule has 2 aromatic rings. The summed E-state index contributed by atoms with van der Waals surface area (Å²) in [4.78, 5) is 0. The Morgan fingerprint density at radius 3 is 2.67 bits per heavy atom. The Kier molecular flexibility index (Phi) is 4.13. The second-order valence-electron chi connectivity index (χ2n) is 5.29. The zero-order valence-electron chi connectivity index (χ0n) is 11.4. The second-order valence-corrected chi connectivity index (χ2v) is 5.29. The van der Waals surface area contributed by atoms with Gasteiger partial charge in [0.2, 0.25) is 0 Å². The van der Waals surface area contributed by atoms with E-state index in [-0.39, 0.29) is 0 Å². The molecular formula is C15H21N3. The number of aromatic nitrogens is 2. The molecule has 3 heteroatoms. The van der Waals surface area contributed by atoms with Gasteiger partial charge in [-0.15, -0.1) is 0 Å². The third-order valence-electron chi connectivity index (χ3n) is 3.13. The number of anilines is 1. The zero-order chi connectivity index (χ0) is 13.0. The summed E-state index contributed by atoms with van der Waals surface area (Å²) in [5.41, 5.74) is 2.02. The highest BCUT2D eigenvalue weighted by atomic mass is 15.1. The SMILES string of the molecule is CC(C)CCC(C)Nc1cnnc2ccccc12. The topological polar surface area (TPSA) is 37.8 Å². The van der Waals surface area contributed by atoms with Gasteiger partial charge in [-0.2, -0.15) is 10.2 Å². The van der Waals surface area contributed by atoms with E-state index in [1.54, 1.807) is 0 Å². The first-order valence-corrected chi connectivity index (χ1v) is 6.64. The van der Waals surface area contributed by atoms with Crippen LogP contribution in [0.2, 0.25) is 0 Å². The molecular weight excluding hydrogens is 222 g/mol. The summed E-state index contributed by atoms with van der Waals surface area (Å²) < 4.78 is 0. The summed E-state index contributed by atoms with van der Waals surface area (Å²) >= 11 is 0. The minimum absolute atomic E-state index is 0.458. The lowest BCUT2D eigenvalue weighted by Crippen LogP contribution is -2.16. The molecule has 1 unspecified atom stereocenters. The van der Waals surface area contributed by atoms with Gasteiger partial charge < -0.3 is 5.32 Å². The van der Waals surface area contributed by atoms with Crippen LogP contribution >= 0.6 is 0 Å². The largest absolute Gasteiger partial charge is 0.381 e. The molecule has 96 valence electrons. The summed E-state index contributed by atoms with van der Waals surface area (Å²) in [5.74, 6) is 0.751. The third kappa shape index (κ3) is 3.19. The molecule has 3 nitrogen and oxygen atoms in total. The van der Waals surface area contributed by atoms with Crippen molar-refractivity contribution < 1.29 is 0 Å². The van der Waals surface area contributed by atoms with Gasteiger partial charge in [0.1, 0.15) is 0 Å². The van der Waals surface area contributed by atoms with Gasteiger partial charge in [-0.25, -0.2) is 0 Å². The summed E-state index contributed by atoms with van der Waals surface area (Å²) in [6.07, 6.45) is 4.23. The smallest absolute Gasteiger partial charge is 0.0950 e. The molecule has 0 fully saturated rings. The van der Waals surface area contributed by atoms with Gasteiger partial charge in [0.25, 0.3) is 0 Å². The Morgan fingerprint density at radius 1 is 1.11 bits per heavy atom. The van der Waals surface area contributed by atoms with Gasteiger partial charge in [0.15, 0.2) is 0 Å². The molecule has 18 heavy (non-hydrogen) atoms. The van der Waals surface area contributed by atoms with Crippen molar-refractivity contribution in [1.82, 2.24) is 10.2 Å². The van der Waals surface area contributed by atoms with Crippen molar-refractivity contribution in [2.24, 2.45) is 5.92 Å². The van der Waals surface area contributed by atoms with Crippen molar-refractivity contribution in [1.29, 1.82) is 0 Å². The molecule has 1 N–H and O–H groups in total. The average molecular weight is 243 g/mol. The first kappa shape index (κ1) is 12.8. The van der Waals surface area contributed by atoms with E-state index >= 15 is 0 Å². The van der Waals surface area contributed by atoms with Crippen LogP contribution in [-0.4, -0.2) is 16.2 Å². The van der Waals surface area contributed by atoms with Gasteiger partial charge in [0.05, 0.1) is 17.4 Å². The molecule has 1 atom stereocenters. The predicted octanol–water partition coefficient (Wildman–Crippen LogP) is 3.87. The van der Waals surface area contributed by atoms with Crippen molar-refractivity contribution >= 4 is 16.6 Å². The van der Waals surface area contributed by atoms with E-state index < -0.39 is 0 Å². The molecule has 0 aliphatic heterocycles. The van der Waals surface area contributed by atoms with Gasteiger partial charge >= 0.3 is 0 Å². The van der Waals surface area contributed by atoms with Gasteiger partial charge in [-0.3, -0.25) is 0 Å². The average Bonchev–Trinajstić information content (AvgIpc) is 2.37. The van der Waals surface area contributed by atoms with Crippen LogP contribution < -0.4 is 5.32 Å². The fraction of sp³-hybridized carbons (Fsp3) is 0.467. The number of rotatable bonds is 5. The number of nitrogens with zero attached hydrogens (tertiary/aromatic N) is 2. The summed E-state index contributed by atoms with van der Waals surface area (Å²) in [7, 11) is 0. The maximum absolute atomic E-state index is 4.13. The molecule has 0 saturated heterocycles. The number of hydrogen-bond donors (Lipinski definition) is 1. The maximum Gasteiger partial charge on any atom is 0.0950 e. The van der Waals surface area contributed by atoms with Crippen LogP contribution in [0.5, 0.6) is 0 Å².